The van der Waals surface area contributed by atoms with Gasteiger partial charge in [-0.15, -0.1) is 0 Å². The molecule has 90 valence electrons. The van der Waals surface area contributed by atoms with Crippen LogP contribution in [0.5, 0.6) is 0 Å². The van der Waals surface area contributed by atoms with Gasteiger partial charge in [0.25, 0.3) is 0 Å². The third kappa shape index (κ3) is 2.85. The Bertz CT molecular complexity index is 536. The van der Waals surface area contributed by atoms with Crippen LogP contribution in [-0.4, -0.2) is 22.1 Å². The molecule has 17 heavy (non-hydrogen) atoms. The van der Waals surface area contributed by atoms with Crippen molar-refractivity contribution >= 4 is 32.9 Å². The van der Waals surface area contributed by atoms with Crippen LogP contribution in [0.2, 0.25) is 0 Å². The number of aromatic nitrogens is 2. The molecule has 0 bridgehead atoms. The number of carbonyl (C=O) groups excluding carboxylic acids is 1. The third-order valence-corrected chi connectivity index (χ3v) is 2.94. The van der Waals surface area contributed by atoms with Gasteiger partial charge in [-0.3, -0.25) is 4.79 Å². The summed E-state index contributed by atoms with van der Waals surface area (Å²) in [4.78, 5) is 15.5. The average Bonchev–Trinajstić information content (AvgIpc) is 2.69. The number of esters is 1. The molecule has 0 unspecified atom stereocenters. The van der Waals surface area contributed by atoms with Crippen LogP contribution < -0.4 is 0 Å². The first-order valence-electron chi connectivity index (χ1n) is 5.46. The Hall–Kier alpha value is -1.36. The molecule has 4 nitrogen and oxygen atoms in total. The molecule has 1 aromatic heterocycles. The summed E-state index contributed by atoms with van der Waals surface area (Å²) < 4.78 is 7.85. The van der Waals surface area contributed by atoms with E-state index in [0.717, 1.165) is 15.5 Å². The summed E-state index contributed by atoms with van der Waals surface area (Å²) in [7, 11) is 0. The van der Waals surface area contributed by atoms with E-state index in [2.05, 4.69) is 20.9 Å². The van der Waals surface area contributed by atoms with Crippen LogP contribution in [0.4, 0.5) is 0 Å². The van der Waals surface area contributed by atoms with Crippen LogP contribution >= 0.6 is 15.9 Å². The first-order chi connectivity index (χ1) is 8.20. The van der Waals surface area contributed by atoms with E-state index in [9.17, 15) is 4.79 Å². The van der Waals surface area contributed by atoms with Gasteiger partial charge in [0, 0.05) is 11.0 Å². The number of hydrogen-bond acceptors (Lipinski definition) is 3. The fourth-order valence-corrected chi connectivity index (χ4v) is 2.01. The van der Waals surface area contributed by atoms with Gasteiger partial charge in [-0.05, 0) is 25.1 Å². The monoisotopic (exact) mass is 296 g/mol. The quantitative estimate of drug-likeness (QED) is 0.815. The molecule has 0 N–H and O–H groups in total. The van der Waals surface area contributed by atoms with E-state index < -0.39 is 0 Å². The number of halogens is 1. The molecule has 1 aromatic carbocycles. The zero-order chi connectivity index (χ0) is 12.3. The van der Waals surface area contributed by atoms with Gasteiger partial charge in [0.15, 0.2) is 0 Å². The fraction of sp³-hybridized carbons (Fsp3) is 0.333. The second kappa shape index (κ2) is 5.31. The summed E-state index contributed by atoms with van der Waals surface area (Å²) in [6.07, 6.45) is 2.12. The van der Waals surface area contributed by atoms with Gasteiger partial charge < -0.3 is 9.30 Å². The standard InChI is InChI=1S/C12H13BrN2O2/c1-2-17-12(16)5-6-15-8-14-10-7-9(13)3-4-11(10)15/h3-4,7-8H,2,5-6H2,1H3. The van der Waals surface area contributed by atoms with Crippen LogP contribution in [0.15, 0.2) is 29.0 Å². The summed E-state index contributed by atoms with van der Waals surface area (Å²) in [5.41, 5.74) is 1.95. The fourth-order valence-electron chi connectivity index (χ4n) is 1.66. The first-order valence-corrected chi connectivity index (χ1v) is 6.26. The van der Waals surface area contributed by atoms with Crippen LogP contribution in [0.1, 0.15) is 13.3 Å². The lowest BCUT2D eigenvalue weighted by Crippen LogP contribution is -2.08. The number of carbonyl (C=O) groups is 1. The summed E-state index contributed by atoms with van der Waals surface area (Å²) >= 11 is 3.40. The van der Waals surface area contributed by atoms with Gasteiger partial charge in [0.1, 0.15) is 0 Å². The minimum atomic E-state index is -0.175. The van der Waals surface area contributed by atoms with E-state index in [1.54, 1.807) is 6.33 Å². The number of ether oxygens (including phenoxy) is 1. The van der Waals surface area contributed by atoms with Crippen molar-refractivity contribution in [2.45, 2.75) is 19.9 Å². The van der Waals surface area contributed by atoms with Gasteiger partial charge >= 0.3 is 5.97 Å². The zero-order valence-electron chi connectivity index (χ0n) is 9.52. The average molecular weight is 297 g/mol. The lowest BCUT2D eigenvalue weighted by molar-refractivity contribution is -0.143. The van der Waals surface area contributed by atoms with Crippen molar-refractivity contribution in [1.29, 1.82) is 0 Å². The van der Waals surface area contributed by atoms with Crippen molar-refractivity contribution in [2.75, 3.05) is 6.61 Å². The van der Waals surface area contributed by atoms with Gasteiger partial charge in [0.2, 0.25) is 0 Å². The molecule has 0 spiro atoms. The van der Waals surface area contributed by atoms with Gasteiger partial charge in [0.05, 0.1) is 30.4 Å². The minimum Gasteiger partial charge on any atom is -0.466 e. The molecule has 0 aliphatic heterocycles. The van der Waals surface area contributed by atoms with Gasteiger partial charge in [-0.2, -0.15) is 0 Å². The number of hydrogen-bond donors (Lipinski definition) is 0. The number of fused-ring (bicyclic) bond motifs is 1. The predicted molar refractivity (Wildman–Crippen MR) is 68.7 cm³/mol. The molecule has 0 saturated carbocycles. The highest BCUT2D eigenvalue weighted by Gasteiger charge is 2.06. The number of rotatable bonds is 4. The van der Waals surface area contributed by atoms with Crippen LogP contribution in [0.25, 0.3) is 11.0 Å². The van der Waals surface area contributed by atoms with Crippen molar-refractivity contribution < 1.29 is 9.53 Å². The lowest BCUT2D eigenvalue weighted by Gasteiger charge is -2.04. The van der Waals surface area contributed by atoms with Crippen LogP contribution in [0.3, 0.4) is 0 Å². The van der Waals surface area contributed by atoms with Gasteiger partial charge in [-0.1, -0.05) is 15.9 Å². The smallest absolute Gasteiger partial charge is 0.307 e. The molecule has 0 aliphatic carbocycles. The van der Waals surface area contributed by atoms with E-state index in [1.165, 1.54) is 0 Å². The molecule has 0 saturated heterocycles. The van der Waals surface area contributed by atoms with Gasteiger partial charge in [-0.25, -0.2) is 4.98 Å². The molecule has 2 rings (SSSR count). The molecule has 0 aliphatic rings. The van der Waals surface area contributed by atoms with E-state index in [1.807, 2.05) is 29.7 Å². The maximum absolute atomic E-state index is 11.3. The molecule has 0 amide bonds. The molecule has 0 atom stereocenters. The summed E-state index contributed by atoms with van der Waals surface area (Å²) in [6.45, 7) is 2.83. The van der Waals surface area contributed by atoms with Crippen molar-refractivity contribution in [3.05, 3.63) is 29.0 Å². The number of imidazole rings is 1. The molecule has 1 heterocycles. The Labute approximate surface area is 108 Å². The topological polar surface area (TPSA) is 44.1 Å². The van der Waals surface area contributed by atoms with Crippen molar-refractivity contribution in [2.24, 2.45) is 0 Å². The normalized spacial score (nSPS) is 10.7. The number of nitrogens with zero attached hydrogens (tertiary/aromatic N) is 2. The molecule has 2 aromatic rings. The Morgan fingerprint density at radius 1 is 1.53 bits per heavy atom. The Morgan fingerprint density at radius 2 is 2.35 bits per heavy atom. The largest absolute Gasteiger partial charge is 0.466 e. The van der Waals surface area contributed by atoms with Crippen molar-refractivity contribution in [3.63, 3.8) is 0 Å². The maximum Gasteiger partial charge on any atom is 0.307 e. The van der Waals surface area contributed by atoms with Crippen molar-refractivity contribution in [3.8, 4) is 0 Å². The summed E-state index contributed by atoms with van der Waals surface area (Å²) in [5.74, 6) is -0.175. The van der Waals surface area contributed by atoms with Crippen LogP contribution in [-0.2, 0) is 16.1 Å². The number of benzene rings is 1. The molecule has 5 heteroatoms. The molecular weight excluding hydrogens is 284 g/mol. The highest BCUT2D eigenvalue weighted by Crippen LogP contribution is 2.18. The Morgan fingerprint density at radius 3 is 3.12 bits per heavy atom. The number of aryl methyl sites for hydroxylation is 1. The minimum absolute atomic E-state index is 0.175. The Kier molecular flexibility index (Phi) is 3.78. The molecular formula is C12H13BrN2O2. The van der Waals surface area contributed by atoms with E-state index >= 15 is 0 Å². The van der Waals surface area contributed by atoms with E-state index in [4.69, 9.17) is 4.74 Å². The predicted octanol–water partition coefficient (Wildman–Crippen LogP) is 2.75. The lowest BCUT2D eigenvalue weighted by atomic mass is 10.3. The SMILES string of the molecule is CCOC(=O)CCn1cnc2cc(Br)ccc21. The molecule has 0 fully saturated rings. The highest BCUT2D eigenvalue weighted by atomic mass is 79.9. The summed E-state index contributed by atoms with van der Waals surface area (Å²) in [5, 5.41) is 0. The first kappa shape index (κ1) is 12.1. The zero-order valence-corrected chi connectivity index (χ0v) is 11.1. The highest BCUT2D eigenvalue weighted by molar-refractivity contribution is 9.10. The van der Waals surface area contributed by atoms with Crippen LogP contribution in [0, 0.1) is 0 Å². The van der Waals surface area contributed by atoms with E-state index in [-0.39, 0.29) is 5.97 Å². The Balaban J connectivity index is 2.11. The van der Waals surface area contributed by atoms with E-state index in [0.29, 0.717) is 19.6 Å². The third-order valence-electron chi connectivity index (χ3n) is 2.45. The van der Waals surface area contributed by atoms with Crippen molar-refractivity contribution in [1.82, 2.24) is 9.55 Å². The maximum atomic E-state index is 11.3. The molecule has 0 radical (unpaired) electrons. The summed E-state index contributed by atoms with van der Waals surface area (Å²) in [6, 6.07) is 5.90. The second-order valence-electron chi connectivity index (χ2n) is 3.63. The second-order valence-corrected chi connectivity index (χ2v) is 4.54.